The first-order chi connectivity index (χ1) is 11.6. The molecule has 1 aromatic rings. The van der Waals surface area contributed by atoms with E-state index in [0.717, 1.165) is 12.6 Å². The highest BCUT2D eigenvalue weighted by Gasteiger charge is 2.25. The summed E-state index contributed by atoms with van der Waals surface area (Å²) >= 11 is 2.13. The van der Waals surface area contributed by atoms with Gasteiger partial charge in [-0.25, -0.2) is 0 Å². The highest BCUT2D eigenvalue weighted by Crippen LogP contribution is 2.23. The predicted molar refractivity (Wildman–Crippen MR) is 106 cm³/mol. The molecule has 2 heterocycles. The monoisotopic (exact) mass is 347 g/mol. The lowest BCUT2D eigenvalue weighted by Crippen LogP contribution is -2.50. The summed E-state index contributed by atoms with van der Waals surface area (Å²) in [6.45, 7) is 8.32. The molecule has 1 atom stereocenters. The van der Waals surface area contributed by atoms with Gasteiger partial charge in [-0.15, -0.1) is 0 Å². The van der Waals surface area contributed by atoms with Crippen molar-refractivity contribution in [1.29, 1.82) is 0 Å². The molecular formula is C20H33N3S. The molecule has 0 spiro atoms. The van der Waals surface area contributed by atoms with Crippen LogP contribution < -0.4 is 0 Å². The Kier molecular flexibility index (Phi) is 6.62. The van der Waals surface area contributed by atoms with Gasteiger partial charge in [-0.1, -0.05) is 24.3 Å². The second-order valence-corrected chi connectivity index (χ2v) is 8.77. The lowest BCUT2D eigenvalue weighted by atomic mass is 10.0. The Morgan fingerprint density at radius 2 is 1.83 bits per heavy atom. The SMILES string of the molecule is C[C@@H](c1cccc(CN2CCN(C3CCSCC3)CC2)c1)N(C)C. The quantitative estimate of drug-likeness (QED) is 0.808. The minimum Gasteiger partial charge on any atom is -0.303 e. The van der Waals surface area contributed by atoms with Crippen LogP contribution in [-0.4, -0.2) is 72.5 Å². The molecule has 3 nitrogen and oxygen atoms in total. The highest BCUT2D eigenvalue weighted by atomic mass is 32.2. The standard InChI is InChI=1S/C20H33N3S/c1-17(21(2)3)19-6-4-5-18(15-19)16-22-9-11-23(12-10-22)20-7-13-24-14-8-20/h4-6,15,17,20H,7-14,16H2,1-3H3/t17-/m0/s1. The molecule has 24 heavy (non-hydrogen) atoms. The maximum Gasteiger partial charge on any atom is 0.0313 e. The average Bonchev–Trinajstić information content (AvgIpc) is 2.62. The van der Waals surface area contributed by atoms with Crippen LogP contribution in [0.1, 0.15) is 36.9 Å². The van der Waals surface area contributed by atoms with E-state index in [4.69, 9.17) is 0 Å². The summed E-state index contributed by atoms with van der Waals surface area (Å²) in [7, 11) is 4.31. The molecule has 2 fully saturated rings. The number of hydrogen-bond donors (Lipinski definition) is 0. The number of rotatable bonds is 5. The summed E-state index contributed by atoms with van der Waals surface area (Å²) in [5.74, 6) is 2.73. The molecule has 0 aromatic heterocycles. The van der Waals surface area contributed by atoms with Gasteiger partial charge < -0.3 is 4.90 Å². The Labute approximate surface area is 152 Å². The third-order valence-electron chi connectivity index (χ3n) is 5.73. The van der Waals surface area contributed by atoms with Gasteiger partial charge in [-0.2, -0.15) is 11.8 Å². The summed E-state index contributed by atoms with van der Waals surface area (Å²) in [6.07, 6.45) is 2.80. The van der Waals surface area contributed by atoms with Crippen molar-refractivity contribution in [3.05, 3.63) is 35.4 Å². The summed E-state index contributed by atoms with van der Waals surface area (Å²) in [5, 5.41) is 0. The van der Waals surface area contributed by atoms with Gasteiger partial charge in [0.25, 0.3) is 0 Å². The van der Waals surface area contributed by atoms with Gasteiger partial charge in [0.2, 0.25) is 0 Å². The number of thioether (sulfide) groups is 1. The lowest BCUT2D eigenvalue weighted by molar-refractivity contribution is 0.0879. The molecule has 1 aromatic carbocycles. The maximum atomic E-state index is 2.75. The van der Waals surface area contributed by atoms with Crippen molar-refractivity contribution in [2.24, 2.45) is 0 Å². The third kappa shape index (κ3) is 4.75. The van der Waals surface area contributed by atoms with E-state index in [1.165, 1.54) is 61.7 Å². The van der Waals surface area contributed by atoms with Gasteiger partial charge in [-0.05, 0) is 56.5 Å². The molecule has 0 bridgehead atoms. The van der Waals surface area contributed by atoms with Crippen molar-refractivity contribution in [1.82, 2.24) is 14.7 Å². The minimum atomic E-state index is 0.478. The van der Waals surface area contributed by atoms with Crippen LogP contribution >= 0.6 is 11.8 Å². The average molecular weight is 348 g/mol. The number of piperazine rings is 1. The van der Waals surface area contributed by atoms with Crippen LogP contribution in [-0.2, 0) is 6.54 Å². The van der Waals surface area contributed by atoms with E-state index in [1.54, 1.807) is 0 Å². The molecule has 0 saturated carbocycles. The molecule has 4 heteroatoms. The topological polar surface area (TPSA) is 9.72 Å². The number of nitrogens with zero attached hydrogens (tertiary/aromatic N) is 3. The van der Waals surface area contributed by atoms with E-state index in [-0.39, 0.29) is 0 Å². The molecule has 2 aliphatic rings. The van der Waals surface area contributed by atoms with Crippen LogP contribution in [0.15, 0.2) is 24.3 Å². The summed E-state index contributed by atoms with van der Waals surface area (Å²) in [6, 6.07) is 10.5. The highest BCUT2D eigenvalue weighted by molar-refractivity contribution is 7.99. The van der Waals surface area contributed by atoms with E-state index in [9.17, 15) is 0 Å². The van der Waals surface area contributed by atoms with Crippen LogP contribution in [0.5, 0.6) is 0 Å². The van der Waals surface area contributed by atoms with Crippen molar-refractivity contribution in [3.8, 4) is 0 Å². The number of hydrogen-bond acceptors (Lipinski definition) is 4. The summed E-state index contributed by atoms with van der Waals surface area (Å²) in [4.78, 5) is 7.66. The fourth-order valence-electron chi connectivity index (χ4n) is 3.84. The molecule has 0 radical (unpaired) electrons. The maximum absolute atomic E-state index is 2.75. The van der Waals surface area contributed by atoms with Crippen LogP contribution in [0.4, 0.5) is 0 Å². The van der Waals surface area contributed by atoms with Crippen LogP contribution in [0.25, 0.3) is 0 Å². The minimum absolute atomic E-state index is 0.478. The Hall–Kier alpha value is -0.550. The molecule has 134 valence electrons. The van der Waals surface area contributed by atoms with E-state index < -0.39 is 0 Å². The van der Waals surface area contributed by atoms with E-state index in [0.29, 0.717) is 6.04 Å². The Bertz CT molecular complexity index is 505. The van der Waals surface area contributed by atoms with E-state index in [1.807, 2.05) is 0 Å². The molecule has 2 aliphatic heterocycles. The number of benzene rings is 1. The second-order valence-electron chi connectivity index (χ2n) is 7.54. The molecule has 0 unspecified atom stereocenters. The van der Waals surface area contributed by atoms with Crippen molar-refractivity contribution < 1.29 is 0 Å². The fourth-order valence-corrected chi connectivity index (χ4v) is 4.93. The van der Waals surface area contributed by atoms with Crippen molar-refractivity contribution in [2.45, 2.75) is 38.4 Å². The molecular weight excluding hydrogens is 314 g/mol. The van der Waals surface area contributed by atoms with Gasteiger partial charge in [0.05, 0.1) is 0 Å². The first kappa shape index (κ1) is 18.2. The molecule has 0 aliphatic carbocycles. The lowest BCUT2D eigenvalue weighted by Gasteiger charge is -2.40. The van der Waals surface area contributed by atoms with E-state index >= 15 is 0 Å². The largest absolute Gasteiger partial charge is 0.303 e. The van der Waals surface area contributed by atoms with Gasteiger partial charge >= 0.3 is 0 Å². The Morgan fingerprint density at radius 1 is 1.12 bits per heavy atom. The van der Waals surface area contributed by atoms with Crippen molar-refractivity contribution in [3.63, 3.8) is 0 Å². The summed E-state index contributed by atoms with van der Waals surface area (Å²) in [5.41, 5.74) is 2.89. The predicted octanol–water partition coefficient (Wildman–Crippen LogP) is 3.32. The normalized spacial score (nSPS) is 22.8. The first-order valence-corrected chi connectivity index (χ1v) is 10.6. The molecule has 0 amide bonds. The van der Waals surface area contributed by atoms with Gasteiger partial charge in [0.15, 0.2) is 0 Å². The Balaban J connectivity index is 1.51. The first-order valence-electron chi connectivity index (χ1n) is 9.43. The second kappa shape index (κ2) is 8.70. The molecule has 2 saturated heterocycles. The molecule has 0 N–H and O–H groups in total. The Morgan fingerprint density at radius 3 is 2.50 bits per heavy atom. The van der Waals surface area contributed by atoms with Crippen molar-refractivity contribution in [2.75, 3.05) is 51.8 Å². The van der Waals surface area contributed by atoms with Crippen LogP contribution in [0.2, 0.25) is 0 Å². The van der Waals surface area contributed by atoms with Gasteiger partial charge in [-0.3, -0.25) is 9.80 Å². The zero-order chi connectivity index (χ0) is 16.9. The van der Waals surface area contributed by atoms with Gasteiger partial charge in [0, 0.05) is 44.8 Å². The zero-order valence-corrected chi connectivity index (χ0v) is 16.4. The third-order valence-corrected chi connectivity index (χ3v) is 6.78. The zero-order valence-electron chi connectivity index (χ0n) is 15.6. The summed E-state index contributed by atoms with van der Waals surface area (Å²) < 4.78 is 0. The van der Waals surface area contributed by atoms with Crippen molar-refractivity contribution >= 4 is 11.8 Å². The van der Waals surface area contributed by atoms with Gasteiger partial charge in [0.1, 0.15) is 0 Å². The van der Waals surface area contributed by atoms with E-state index in [2.05, 4.69) is 71.7 Å². The smallest absolute Gasteiger partial charge is 0.0313 e. The van der Waals surface area contributed by atoms with Crippen LogP contribution in [0.3, 0.4) is 0 Å². The molecule has 3 rings (SSSR count). The fraction of sp³-hybridized carbons (Fsp3) is 0.700. The van der Waals surface area contributed by atoms with Crippen LogP contribution in [0, 0.1) is 0 Å².